The van der Waals surface area contributed by atoms with E-state index in [0.717, 1.165) is 5.69 Å². The summed E-state index contributed by atoms with van der Waals surface area (Å²) in [4.78, 5) is 35.2. The first-order valence-corrected chi connectivity index (χ1v) is 7.23. The Bertz CT molecular complexity index is 755. The zero-order chi connectivity index (χ0) is 15.7. The van der Waals surface area contributed by atoms with Gasteiger partial charge in [-0.3, -0.25) is 9.59 Å². The summed E-state index contributed by atoms with van der Waals surface area (Å²) in [5, 5.41) is -0.00248. The number of aromatic amines is 2. The zero-order valence-electron chi connectivity index (χ0n) is 11.9. The fourth-order valence-electron chi connectivity index (χ4n) is 2.36. The molecular formula is C14H15ClN4O3. The maximum atomic E-state index is 12.5. The number of morpholine rings is 1. The SMILES string of the molecule is Cc1cnc(C2CN(C(=O)c3c[nH]c(=O)c(Cl)c3)CCO2)[nH]1. The van der Waals surface area contributed by atoms with Crippen LogP contribution in [0.4, 0.5) is 0 Å². The topological polar surface area (TPSA) is 91.1 Å². The Morgan fingerprint density at radius 3 is 3.05 bits per heavy atom. The van der Waals surface area contributed by atoms with E-state index in [2.05, 4.69) is 15.0 Å². The van der Waals surface area contributed by atoms with Crippen molar-refractivity contribution in [2.24, 2.45) is 0 Å². The van der Waals surface area contributed by atoms with Crippen molar-refractivity contribution in [1.29, 1.82) is 0 Å². The maximum absolute atomic E-state index is 12.5. The van der Waals surface area contributed by atoms with Crippen LogP contribution < -0.4 is 5.56 Å². The van der Waals surface area contributed by atoms with E-state index in [9.17, 15) is 9.59 Å². The number of rotatable bonds is 2. The molecule has 1 aliphatic rings. The molecule has 0 spiro atoms. The Balaban J connectivity index is 1.77. The molecule has 1 fully saturated rings. The van der Waals surface area contributed by atoms with Gasteiger partial charge in [-0.25, -0.2) is 4.98 Å². The summed E-state index contributed by atoms with van der Waals surface area (Å²) in [6, 6.07) is 1.38. The summed E-state index contributed by atoms with van der Waals surface area (Å²) in [6.07, 6.45) is 2.81. The highest BCUT2D eigenvalue weighted by atomic mass is 35.5. The van der Waals surface area contributed by atoms with Crippen LogP contribution >= 0.6 is 11.6 Å². The number of pyridine rings is 1. The van der Waals surface area contributed by atoms with Gasteiger partial charge in [0.25, 0.3) is 11.5 Å². The number of hydrogen-bond donors (Lipinski definition) is 2. The Kier molecular flexibility index (Phi) is 4.00. The molecule has 3 heterocycles. The van der Waals surface area contributed by atoms with E-state index >= 15 is 0 Å². The highest BCUT2D eigenvalue weighted by Gasteiger charge is 2.28. The minimum absolute atomic E-state index is 0.00248. The standard InChI is InChI=1S/C14H15ClN4O3/c1-8-5-16-12(18-8)11-7-19(2-3-22-11)14(21)9-4-10(15)13(20)17-6-9/h4-6,11H,2-3,7H2,1H3,(H,16,18)(H,17,20). The van der Waals surface area contributed by atoms with Gasteiger partial charge in [0.2, 0.25) is 0 Å². The summed E-state index contributed by atoms with van der Waals surface area (Å²) in [7, 11) is 0. The summed E-state index contributed by atoms with van der Waals surface area (Å²) in [6.45, 7) is 3.20. The van der Waals surface area contributed by atoms with E-state index in [1.54, 1.807) is 11.1 Å². The lowest BCUT2D eigenvalue weighted by Gasteiger charge is -2.32. The molecule has 0 bridgehead atoms. The molecule has 2 N–H and O–H groups in total. The number of carbonyl (C=O) groups is 1. The Hall–Kier alpha value is -2.12. The average molecular weight is 323 g/mol. The number of nitrogens with zero attached hydrogens (tertiary/aromatic N) is 2. The molecular weight excluding hydrogens is 308 g/mol. The lowest BCUT2D eigenvalue weighted by atomic mass is 10.2. The Morgan fingerprint density at radius 1 is 1.55 bits per heavy atom. The summed E-state index contributed by atoms with van der Waals surface area (Å²) in [5.74, 6) is 0.504. The second kappa shape index (κ2) is 5.94. The molecule has 1 unspecified atom stereocenters. The second-order valence-corrected chi connectivity index (χ2v) is 5.53. The van der Waals surface area contributed by atoms with Crippen LogP contribution in [0, 0.1) is 6.92 Å². The van der Waals surface area contributed by atoms with E-state index in [0.29, 0.717) is 31.1 Å². The van der Waals surface area contributed by atoms with Crippen LogP contribution in [0.15, 0.2) is 23.3 Å². The number of aryl methyl sites for hydroxylation is 1. The third-order valence-electron chi connectivity index (χ3n) is 3.49. The van der Waals surface area contributed by atoms with E-state index in [1.807, 2.05) is 6.92 Å². The number of imidazole rings is 1. The van der Waals surface area contributed by atoms with Crippen LogP contribution in [-0.4, -0.2) is 45.5 Å². The fourth-order valence-corrected chi connectivity index (χ4v) is 2.53. The number of hydrogen-bond acceptors (Lipinski definition) is 4. The summed E-state index contributed by atoms with van der Waals surface area (Å²) < 4.78 is 5.66. The molecule has 2 aromatic heterocycles. The van der Waals surface area contributed by atoms with Gasteiger partial charge in [-0.2, -0.15) is 0 Å². The van der Waals surface area contributed by atoms with Crippen molar-refractivity contribution in [2.45, 2.75) is 13.0 Å². The first-order valence-electron chi connectivity index (χ1n) is 6.85. The largest absolute Gasteiger partial charge is 0.367 e. The van der Waals surface area contributed by atoms with Crippen LogP contribution in [0.3, 0.4) is 0 Å². The average Bonchev–Trinajstić information content (AvgIpc) is 2.96. The molecule has 22 heavy (non-hydrogen) atoms. The molecule has 3 rings (SSSR count). The monoisotopic (exact) mass is 322 g/mol. The van der Waals surface area contributed by atoms with Crippen molar-refractivity contribution in [3.8, 4) is 0 Å². The summed E-state index contributed by atoms with van der Waals surface area (Å²) in [5.41, 5.74) is 0.875. The normalized spacial score (nSPS) is 18.5. The number of carbonyl (C=O) groups excluding carboxylic acids is 1. The first kappa shape index (κ1) is 14.8. The molecule has 1 aliphatic heterocycles. The molecule has 1 atom stereocenters. The second-order valence-electron chi connectivity index (χ2n) is 5.13. The van der Waals surface area contributed by atoms with Crippen molar-refractivity contribution >= 4 is 17.5 Å². The third kappa shape index (κ3) is 2.90. The van der Waals surface area contributed by atoms with Crippen LogP contribution in [0.1, 0.15) is 28.0 Å². The first-order chi connectivity index (χ1) is 10.5. The van der Waals surface area contributed by atoms with Gasteiger partial charge >= 0.3 is 0 Å². The predicted molar refractivity (Wildman–Crippen MR) is 80.0 cm³/mol. The van der Waals surface area contributed by atoms with Crippen molar-refractivity contribution in [1.82, 2.24) is 19.9 Å². The number of nitrogens with one attached hydrogen (secondary N) is 2. The number of aromatic nitrogens is 3. The highest BCUT2D eigenvalue weighted by Crippen LogP contribution is 2.21. The molecule has 0 aromatic carbocycles. The quantitative estimate of drug-likeness (QED) is 0.871. The number of H-pyrrole nitrogens is 2. The molecule has 0 saturated carbocycles. The van der Waals surface area contributed by atoms with Gasteiger partial charge in [-0.05, 0) is 13.0 Å². The van der Waals surface area contributed by atoms with E-state index in [4.69, 9.17) is 16.3 Å². The van der Waals surface area contributed by atoms with Gasteiger partial charge in [-0.15, -0.1) is 0 Å². The van der Waals surface area contributed by atoms with Crippen molar-refractivity contribution < 1.29 is 9.53 Å². The molecule has 116 valence electrons. The van der Waals surface area contributed by atoms with Gasteiger partial charge in [0.1, 0.15) is 17.0 Å². The van der Waals surface area contributed by atoms with Crippen molar-refractivity contribution in [3.05, 3.63) is 50.9 Å². The number of halogens is 1. The van der Waals surface area contributed by atoms with E-state index < -0.39 is 5.56 Å². The molecule has 8 heteroatoms. The van der Waals surface area contributed by atoms with Crippen molar-refractivity contribution in [3.63, 3.8) is 0 Å². The highest BCUT2D eigenvalue weighted by molar-refractivity contribution is 6.30. The van der Waals surface area contributed by atoms with Crippen molar-refractivity contribution in [2.75, 3.05) is 19.7 Å². The molecule has 7 nitrogen and oxygen atoms in total. The van der Waals surface area contributed by atoms with Crippen LogP contribution in [0.5, 0.6) is 0 Å². The number of ether oxygens (including phenoxy) is 1. The molecule has 1 amide bonds. The van der Waals surface area contributed by atoms with Gasteiger partial charge in [0.05, 0.1) is 18.7 Å². The van der Waals surface area contributed by atoms with E-state index in [1.165, 1.54) is 12.3 Å². The smallest absolute Gasteiger partial charge is 0.266 e. The third-order valence-corrected chi connectivity index (χ3v) is 3.77. The Morgan fingerprint density at radius 2 is 2.36 bits per heavy atom. The minimum Gasteiger partial charge on any atom is -0.367 e. The molecule has 0 aliphatic carbocycles. The van der Waals surface area contributed by atoms with E-state index in [-0.39, 0.29) is 17.0 Å². The summed E-state index contributed by atoms with van der Waals surface area (Å²) >= 11 is 5.77. The lowest BCUT2D eigenvalue weighted by Crippen LogP contribution is -2.42. The maximum Gasteiger partial charge on any atom is 0.266 e. The fraction of sp³-hybridized carbons (Fsp3) is 0.357. The lowest BCUT2D eigenvalue weighted by molar-refractivity contribution is -0.0264. The van der Waals surface area contributed by atoms with Gasteiger partial charge in [-0.1, -0.05) is 11.6 Å². The zero-order valence-corrected chi connectivity index (χ0v) is 12.7. The molecule has 1 saturated heterocycles. The number of amides is 1. The minimum atomic E-state index is -0.413. The molecule has 0 radical (unpaired) electrons. The van der Waals surface area contributed by atoms with Crippen LogP contribution in [0.2, 0.25) is 5.02 Å². The van der Waals surface area contributed by atoms with Gasteiger partial charge in [0, 0.05) is 24.6 Å². The van der Waals surface area contributed by atoms with Crippen LogP contribution in [0.25, 0.3) is 0 Å². The van der Waals surface area contributed by atoms with Gasteiger partial charge < -0.3 is 19.6 Å². The molecule has 2 aromatic rings. The predicted octanol–water partition coefficient (Wildman–Crippen LogP) is 1.27. The Labute approximate surface area is 131 Å². The van der Waals surface area contributed by atoms with Gasteiger partial charge in [0.15, 0.2) is 0 Å². The van der Waals surface area contributed by atoms with Crippen LogP contribution in [-0.2, 0) is 4.74 Å².